The number of hydrogen-bond acceptors (Lipinski definition) is 7. The van der Waals surface area contributed by atoms with Gasteiger partial charge >= 0.3 is 0 Å². The van der Waals surface area contributed by atoms with Crippen LogP contribution in [0.3, 0.4) is 0 Å². The molecular formula is C25H23N5O3S. The number of amides is 1. The first-order chi connectivity index (χ1) is 16.7. The highest BCUT2D eigenvalue weighted by Gasteiger charge is 2.17. The smallest absolute Gasteiger partial charge is 0.250 e. The summed E-state index contributed by atoms with van der Waals surface area (Å²) in [6.07, 6.45) is 1.38. The largest absolute Gasteiger partial charge is 0.504 e. The van der Waals surface area contributed by atoms with Crippen LogP contribution in [-0.2, 0) is 4.79 Å². The van der Waals surface area contributed by atoms with Gasteiger partial charge in [0.15, 0.2) is 22.5 Å². The first kappa shape index (κ1) is 23.1. The number of nitrogens with one attached hydrogen (secondary N) is 1. The van der Waals surface area contributed by atoms with Crippen molar-refractivity contribution >= 4 is 23.9 Å². The Hall–Kier alpha value is -4.11. The monoisotopic (exact) mass is 473 g/mol. The van der Waals surface area contributed by atoms with Gasteiger partial charge in [0, 0.05) is 16.8 Å². The summed E-state index contributed by atoms with van der Waals surface area (Å²) in [5.41, 5.74) is 4.74. The Bertz CT molecular complexity index is 1280. The summed E-state index contributed by atoms with van der Waals surface area (Å²) in [6.45, 7) is 2.27. The van der Waals surface area contributed by atoms with Gasteiger partial charge in [-0.1, -0.05) is 66.4 Å². The lowest BCUT2D eigenvalue weighted by Gasteiger charge is -2.10. The molecule has 0 fully saturated rings. The molecule has 0 aliphatic heterocycles. The predicted molar refractivity (Wildman–Crippen MR) is 133 cm³/mol. The zero-order chi connectivity index (χ0) is 23.8. The average molecular weight is 474 g/mol. The van der Waals surface area contributed by atoms with Crippen LogP contribution in [0.5, 0.6) is 11.5 Å². The molecule has 8 nitrogen and oxygen atoms in total. The van der Waals surface area contributed by atoms with Crippen LogP contribution < -0.4 is 10.2 Å². The minimum Gasteiger partial charge on any atom is -0.504 e. The Morgan fingerprint density at radius 3 is 2.53 bits per heavy atom. The minimum atomic E-state index is -0.314. The Labute approximate surface area is 201 Å². The molecule has 172 valence electrons. The van der Waals surface area contributed by atoms with E-state index in [-0.39, 0.29) is 17.4 Å². The maximum Gasteiger partial charge on any atom is 0.250 e. The third-order valence-corrected chi connectivity index (χ3v) is 5.66. The van der Waals surface area contributed by atoms with Crippen LogP contribution in [-0.4, -0.2) is 44.4 Å². The van der Waals surface area contributed by atoms with Gasteiger partial charge in [-0.3, -0.25) is 9.36 Å². The molecule has 0 atom stereocenters. The number of phenolic OH excluding ortho intramolecular Hbond substituents is 1. The molecule has 0 saturated heterocycles. The molecule has 34 heavy (non-hydrogen) atoms. The molecule has 4 aromatic rings. The summed E-state index contributed by atoms with van der Waals surface area (Å²) in [6, 6.07) is 24.6. The van der Waals surface area contributed by atoms with Gasteiger partial charge in [-0.15, -0.1) is 10.2 Å². The van der Waals surface area contributed by atoms with Crippen LogP contribution in [0.2, 0.25) is 0 Å². The van der Waals surface area contributed by atoms with E-state index < -0.39 is 0 Å². The highest BCUT2D eigenvalue weighted by atomic mass is 32.2. The molecule has 1 aromatic heterocycles. The van der Waals surface area contributed by atoms with E-state index in [1.165, 1.54) is 18.0 Å². The van der Waals surface area contributed by atoms with Crippen molar-refractivity contribution in [3.05, 3.63) is 84.4 Å². The lowest BCUT2D eigenvalue weighted by molar-refractivity contribution is -0.118. The second kappa shape index (κ2) is 11.2. The van der Waals surface area contributed by atoms with E-state index in [4.69, 9.17) is 4.74 Å². The number of thioether (sulfide) groups is 1. The Kier molecular flexibility index (Phi) is 7.56. The van der Waals surface area contributed by atoms with Crippen LogP contribution in [0.4, 0.5) is 0 Å². The number of ether oxygens (including phenoxy) is 1. The van der Waals surface area contributed by atoms with Crippen LogP contribution in [0.25, 0.3) is 17.1 Å². The molecule has 2 N–H and O–H groups in total. The van der Waals surface area contributed by atoms with Gasteiger partial charge in [-0.05, 0) is 31.2 Å². The number of benzene rings is 3. The molecule has 0 aliphatic rings. The molecule has 0 spiro atoms. The number of hydrogen-bond donors (Lipinski definition) is 2. The Morgan fingerprint density at radius 2 is 1.79 bits per heavy atom. The fraction of sp³-hybridized carbons (Fsp3) is 0.120. The summed E-state index contributed by atoms with van der Waals surface area (Å²) < 4.78 is 7.28. The van der Waals surface area contributed by atoms with E-state index >= 15 is 0 Å². The van der Waals surface area contributed by atoms with E-state index in [1.807, 2.05) is 72.2 Å². The van der Waals surface area contributed by atoms with Gasteiger partial charge < -0.3 is 9.84 Å². The van der Waals surface area contributed by atoms with Crippen molar-refractivity contribution in [1.82, 2.24) is 20.2 Å². The van der Waals surface area contributed by atoms with Crippen LogP contribution in [0.1, 0.15) is 12.5 Å². The predicted octanol–water partition coefficient (Wildman–Crippen LogP) is 4.28. The van der Waals surface area contributed by atoms with Gasteiger partial charge in [0.1, 0.15) is 0 Å². The van der Waals surface area contributed by atoms with Gasteiger partial charge in [0.2, 0.25) is 0 Å². The topological polar surface area (TPSA) is 102 Å². The van der Waals surface area contributed by atoms with E-state index in [0.717, 1.165) is 11.3 Å². The fourth-order valence-corrected chi connectivity index (χ4v) is 3.94. The molecule has 0 saturated carbocycles. The number of aromatic nitrogens is 3. The first-order valence-electron chi connectivity index (χ1n) is 10.6. The molecule has 0 radical (unpaired) electrons. The molecule has 9 heteroatoms. The number of para-hydroxylation sites is 2. The molecule has 0 aliphatic carbocycles. The van der Waals surface area contributed by atoms with Crippen molar-refractivity contribution in [2.75, 3.05) is 12.4 Å². The summed E-state index contributed by atoms with van der Waals surface area (Å²) in [5.74, 6) is 0.800. The molecule has 0 unspecified atom stereocenters. The molecular weight excluding hydrogens is 450 g/mol. The van der Waals surface area contributed by atoms with E-state index in [9.17, 15) is 9.90 Å². The third kappa shape index (κ3) is 5.44. The van der Waals surface area contributed by atoms with Crippen LogP contribution >= 0.6 is 11.8 Å². The molecule has 3 aromatic carbocycles. The summed E-state index contributed by atoms with van der Waals surface area (Å²) in [5, 5.41) is 23.4. The first-order valence-corrected chi connectivity index (χ1v) is 11.6. The van der Waals surface area contributed by atoms with Crippen molar-refractivity contribution in [3.63, 3.8) is 0 Å². The number of phenols is 1. The number of rotatable bonds is 9. The fourth-order valence-electron chi connectivity index (χ4n) is 3.20. The van der Waals surface area contributed by atoms with Crippen molar-refractivity contribution in [3.8, 4) is 28.6 Å². The molecule has 1 heterocycles. The standard InChI is InChI=1S/C25H23N5O3S/c1-2-33-21-15-9-12-19(23(21)32)16-26-27-22(31)17-34-25-29-28-24(18-10-5-3-6-11-18)30(25)20-13-7-4-8-14-20/h3-16,32H,2,17H2,1H3,(H,27,31). The normalized spacial score (nSPS) is 11.0. The molecule has 4 rings (SSSR count). The number of nitrogens with zero attached hydrogens (tertiary/aromatic N) is 4. The van der Waals surface area contributed by atoms with Gasteiger partial charge in [0.05, 0.1) is 18.6 Å². The minimum absolute atomic E-state index is 0.0267. The zero-order valence-corrected chi connectivity index (χ0v) is 19.3. The third-order valence-electron chi connectivity index (χ3n) is 4.74. The lowest BCUT2D eigenvalue weighted by atomic mass is 10.2. The van der Waals surface area contributed by atoms with E-state index in [1.54, 1.807) is 18.2 Å². The average Bonchev–Trinajstić information content (AvgIpc) is 3.30. The van der Waals surface area contributed by atoms with Crippen molar-refractivity contribution in [2.24, 2.45) is 5.10 Å². The van der Waals surface area contributed by atoms with Gasteiger partial charge in [-0.2, -0.15) is 5.10 Å². The van der Waals surface area contributed by atoms with Crippen molar-refractivity contribution < 1.29 is 14.6 Å². The Balaban J connectivity index is 1.46. The van der Waals surface area contributed by atoms with Crippen molar-refractivity contribution in [1.29, 1.82) is 0 Å². The van der Waals surface area contributed by atoms with E-state index in [2.05, 4.69) is 20.7 Å². The lowest BCUT2D eigenvalue weighted by Crippen LogP contribution is -2.20. The molecule has 0 bridgehead atoms. The molecule has 1 amide bonds. The number of carbonyl (C=O) groups excluding carboxylic acids is 1. The number of carbonyl (C=O) groups is 1. The summed E-state index contributed by atoms with van der Waals surface area (Å²) in [7, 11) is 0. The van der Waals surface area contributed by atoms with Crippen LogP contribution in [0, 0.1) is 0 Å². The zero-order valence-electron chi connectivity index (χ0n) is 18.5. The maximum atomic E-state index is 12.4. The highest BCUT2D eigenvalue weighted by molar-refractivity contribution is 7.99. The number of aromatic hydroxyl groups is 1. The van der Waals surface area contributed by atoms with Gasteiger partial charge in [0.25, 0.3) is 5.91 Å². The van der Waals surface area contributed by atoms with E-state index in [0.29, 0.717) is 28.9 Å². The van der Waals surface area contributed by atoms with Crippen LogP contribution in [0.15, 0.2) is 89.1 Å². The SMILES string of the molecule is CCOc1cccc(C=NNC(=O)CSc2nnc(-c3ccccc3)n2-c2ccccc2)c1O. The highest BCUT2D eigenvalue weighted by Crippen LogP contribution is 2.29. The van der Waals surface area contributed by atoms with Crippen molar-refractivity contribution in [2.45, 2.75) is 12.1 Å². The second-order valence-electron chi connectivity index (χ2n) is 7.05. The maximum absolute atomic E-state index is 12.4. The Morgan fingerprint density at radius 1 is 1.06 bits per heavy atom. The second-order valence-corrected chi connectivity index (χ2v) is 7.99. The summed E-state index contributed by atoms with van der Waals surface area (Å²) >= 11 is 1.26. The quantitative estimate of drug-likeness (QED) is 0.214. The number of hydrazone groups is 1. The van der Waals surface area contributed by atoms with Gasteiger partial charge in [-0.25, -0.2) is 5.43 Å². The summed E-state index contributed by atoms with van der Waals surface area (Å²) in [4.78, 5) is 12.4.